The smallest absolute Gasteiger partial charge is 0.185 e. The topological polar surface area (TPSA) is 62.6 Å². The Morgan fingerprint density at radius 3 is 2.64 bits per heavy atom. The van der Waals surface area contributed by atoms with Crippen molar-refractivity contribution in [3.8, 4) is 17.2 Å². The molecular formula is C22H22N2O4. The molecule has 0 amide bonds. The summed E-state index contributed by atoms with van der Waals surface area (Å²) < 4.78 is 17.6. The van der Waals surface area contributed by atoms with Crippen molar-refractivity contribution in [2.24, 2.45) is 0 Å². The third-order valence-corrected chi connectivity index (χ3v) is 4.04. The van der Waals surface area contributed by atoms with E-state index in [4.69, 9.17) is 14.2 Å². The number of carbonyl (C=O) groups excluding carboxylic acids is 1. The van der Waals surface area contributed by atoms with Crippen molar-refractivity contribution >= 4 is 11.9 Å². The van der Waals surface area contributed by atoms with Crippen LogP contribution in [0.2, 0.25) is 0 Å². The van der Waals surface area contributed by atoms with Gasteiger partial charge in [-0.05, 0) is 42.5 Å². The molecular weight excluding hydrogens is 356 g/mol. The average molecular weight is 378 g/mol. The lowest BCUT2D eigenvalue weighted by Gasteiger charge is -2.11. The number of ether oxygens (including phenoxy) is 3. The minimum atomic E-state index is -0.130. The molecule has 0 aliphatic heterocycles. The highest BCUT2D eigenvalue weighted by atomic mass is 16.5. The van der Waals surface area contributed by atoms with Gasteiger partial charge in [-0.25, -0.2) is 4.68 Å². The quantitative estimate of drug-likeness (QED) is 0.322. The van der Waals surface area contributed by atoms with Crippen molar-refractivity contribution in [3.05, 3.63) is 78.1 Å². The summed E-state index contributed by atoms with van der Waals surface area (Å²) in [6.07, 6.45) is 6.84. The second kappa shape index (κ2) is 9.53. The van der Waals surface area contributed by atoms with Crippen LogP contribution in [0.4, 0.5) is 0 Å². The van der Waals surface area contributed by atoms with Gasteiger partial charge in [-0.15, -0.1) is 0 Å². The van der Waals surface area contributed by atoms with E-state index in [1.54, 1.807) is 49.4 Å². The fraction of sp³-hybridized carbons (Fsp3) is 0.182. The average Bonchev–Trinajstić information content (AvgIpc) is 3.22. The summed E-state index contributed by atoms with van der Waals surface area (Å²) in [6.45, 7) is 0.884. The lowest BCUT2D eigenvalue weighted by molar-refractivity contribution is 0.104. The molecule has 0 radical (unpaired) electrons. The second-order valence-electron chi connectivity index (χ2n) is 5.96. The van der Waals surface area contributed by atoms with Gasteiger partial charge in [0.15, 0.2) is 17.3 Å². The van der Waals surface area contributed by atoms with Crippen LogP contribution in [0.5, 0.6) is 11.5 Å². The molecule has 0 saturated carbocycles. The molecule has 0 fully saturated rings. The molecule has 6 nitrogen and oxygen atoms in total. The molecule has 144 valence electrons. The summed E-state index contributed by atoms with van der Waals surface area (Å²) in [5, 5.41) is 4.32. The Morgan fingerprint density at radius 1 is 1.07 bits per heavy atom. The van der Waals surface area contributed by atoms with Gasteiger partial charge < -0.3 is 14.2 Å². The lowest BCUT2D eigenvalue weighted by Crippen LogP contribution is -2.06. The van der Waals surface area contributed by atoms with Crippen LogP contribution in [-0.4, -0.2) is 43.0 Å². The van der Waals surface area contributed by atoms with Crippen LogP contribution in [0, 0.1) is 0 Å². The van der Waals surface area contributed by atoms with E-state index in [1.165, 1.54) is 6.08 Å². The Bertz CT molecular complexity index is 948. The van der Waals surface area contributed by atoms with E-state index in [2.05, 4.69) is 5.10 Å². The molecule has 0 spiro atoms. The number of carbonyl (C=O) groups is 1. The predicted molar refractivity (Wildman–Crippen MR) is 107 cm³/mol. The van der Waals surface area contributed by atoms with E-state index in [0.717, 1.165) is 11.3 Å². The van der Waals surface area contributed by atoms with Gasteiger partial charge in [0, 0.05) is 24.4 Å². The summed E-state index contributed by atoms with van der Waals surface area (Å²) in [4.78, 5) is 12.5. The number of hydrogen-bond acceptors (Lipinski definition) is 5. The highest BCUT2D eigenvalue weighted by molar-refractivity contribution is 6.07. The summed E-state index contributed by atoms with van der Waals surface area (Å²) >= 11 is 0. The summed E-state index contributed by atoms with van der Waals surface area (Å²) in [7, 11) is 3.15. The first-order valence-electron chi connectivity index (χ1n) is 8.83. The zero-order chi connectivity index (χ0) is 19.8. The molecule has 3 aromatic rings. The SMILES string of the molecule is COCCOc1ccc(C(=O)C=Cc2cnn(-c3ccccc3)c2)cc1OC. The molecule has 0 bridgehead atoms. The van der Waals surface area contributed by atoms with Gasteiger partial charge in [0.25, 0.3) is 0 Å². The van der Waals surface area contributed by atoms with Crippen LogP contribution >= 0.6 is 0 Å². The Balaban J connectivity index is 1.69. The van der Waals surface area contributed by atoms with E-state index in [1.807, 2.05) is 36.5 Å². The molecule has 1 heterocycles. The number of allylic oxidation sites excluding steroid dienone is 1. The van der Waals surface area contributed by atoms with E-state index >= 15 is 0 Å². The molecule has 0 atom stereocenters. The molecule has 0 saturated heterocycles. The maximum atomic E-state index is 12.5. The van der Waals surface area contributed by atoms with Gasteiger partial charge in [0.2, 0.25) is 0 Å². The van der Waals surface area contributed by atoms with Crippen LogP contribution in [0.3, 0.4) is 0 Å². The van der Waals surface area contributed by atoms with Gasteiger partial charge in [-0.3, -0.25) is 4.79 Å². The molecule has 2 aromatic carbocycles. The van der Waals surface area contributed by atoms with Crippen molar-refractivity contribution in [2.45, 2.75) is 0 Å². The molecule has 0 N–H and O–H groups in total. The fourth-order valence-electron chi connectivity index (χ4n) is 2.59. The standard InChI is InChI=1S/C22H22N2O4/c1-26-12-13-28-21-11-9-18(14-22(21)27-2)20(25)10-8-17-15-23-24(16-17)19-6-4-3-5-7-19/h3-11,14-16H,12-13H2,1-2H3. The van der Waals surface area contributed by atoms with Gasteiger partial charge >= 0.3 is 0 Å². The van der Waals surface area contributed by atoms with Gasteiger partial charge in [0.1, 0.15) is 6.61 Å². The summed E-state index contributed by atoms with van der Waals surface area (Å²) in [5.74, 6) is 0.950. The van der Waals surface area contributed by atoms with Crippen LogP contribution in [0.1, 0.15) is 15.9 Å². The van der Waals surface area contributed by atoms with Crippen molar-refractivity contribution in [1.29, 1.82) is 0 Å². The number of hydrogen-bond donors (Lipinski definition) is 0. The van der Waals surface area contributed by atoms with Crippen molar-refractivity contribution in [2.75, 3.05) is 27.4 Å². The molecule has 0 aliphatic carbocycles. The normalized spacial score (nSPS) is 10.9. The number of ketones is 1. The maximum absolute atomic E-state index is 12.5. The molecule has 0 aliphatic rings. The predicted octanol–water partition coefficient (Wildman–Crippen LogP) is 3.80. The fourth-order valence-corrected chi connectivity index (χ4v) is 2.59. The Labute approximate surface area is 164 Å². The van der Waals surface area contributed by atoms with E-state index in [9.17, 15) is 4.79 Å². The van der Waals surface area contributed by atoms with E-state index < -0.39 is 0 Å². The largest absolute Gasteiger partial charge is 0.493 e. The Morgan fingerprint density at radius 2 is 1.89 bits per heavy atom. The van der Waals surface area contributed by atoms with Gasteiger partial charge in [-0.1, -0.05) is 18.2 Å². The first-order chi connectivity index (χ1) is 13.7. The van der Waals surface area contributed by atoms with Gasteiger partial charge in [-0.2, -0.15) is 5.10 Å². The molecule has 3 rings (SSSR count). The van der Waals surface area contributed by atoms with Crippen molar-refractivity contribution in [3.63, 3.8) is 0 Å². The first-order valence-corrected chi connectivity index (χ1v) is 8.83. The minimum absolute atomic E-state index is 0.130. The zero-order valence-electron chi connectivity index (χ0n) is 15.9. The molecule has 28 heavy (non-hydrogen) atoms. The number of benzene rings is 2. The maximum Gasteiger partial charge on any atom is 0.185 e. The third-order valence-electron chi connectivity index (χ3n) is 4.04. The Hall–Kier alpha value is -3.38. The van der Waals surface area contributed by atoms with E-state index in [0.29, 0.717) is 30.3 Å². The highest BCUT2D eigenvalue weighted by Gasteiger charge is 2.10. The second-order valence-corrected chi connectivity index (χ2v) is 5.96. The van der Waals surface area contributed by atoms with Crippen molar-refractivity contribution in [1.82, 2.24) is 9.78 Å². The van der Waals surface area contributed by atoms with Crippen LogP contribution in [-0.2, 0) is 4.74 Å². The summed E-state index contributed by atoms with van der Waals surface area (Å²) in [5.41, 5.74) is 2.31. The highest BCUT2D eigenvalue weighted by Crippen LogP contribution is 2.28. The first kappa shape index (κ1) is 19.4. The van der Waals surface area contributed by atoms with Crippen molar-refractivity contribution < 1.29 is 19.0 Å². The monoisotopic (exact) mass is 378 g/mol. The third kappa shape index (κ3) is 4.86. The molecule has 1 aromatic heterocycles. The number of methoxy groups -OCH3 is 2. The van der Waals surface area contributed by atoms with Crippen LogP contribution in [0.25, 0.3) is 11.8 Å². The van der Waals surface area contributed by atoms with Crippen LogP contribution < -0.4 is 9.47 Å². The Kier molecular flexibility index (Phi) is 6.59. The van der Waals surface area contributed by atoms with Gasteiger partial charge in [0.05, 0.1) is 25.6 Å². The lowest BCUT2D eigenvalue weighted by atomic mass is 10.1. The number of rotatable bonds is 9. The zero-order valence-corrected chi connectivity index (χ0v) is 15.9. The number of para-hydroxylation sites is 1. The van der Waals surface area contributed by atoms with E-state index in [-0.39, 0.29) is 5.78 Å². The molecule has 0 unspecified atom stereocenters. The number of nitrogens with zero attached hydrogens (tertiary/aromatic N) is 2. The van der Waals surface area contributed by atoms with Crippen LogP contribution in [0.15, 0.2) is 67.0 Å². The number of aromatic nitrogens is 2. The minimum Gasteiger partial charge on any atom is -0.493 e. The summed E-state index contributed by atoms with van der Waals surface area (Å²) in [6, 6.07) is 14.9. The molecule has 6 heteroatoms.